The highest BCUT2D eigenvalue weighted by Crippen LogP contribution is 2.28. The number of nitrogens with one attached hydrogen (secondary N) is 2. The average molecular weight is 410 g/mol. The molecule has 1 fully saturated rings. The van der Waals surface area contributed by atoms with Crippen molar-refractivity contribution in [1.82, 2.24) is 15.5 Å². The molecule has 1 heterocycles. The number of halogens is 1. The molecular formula is C15H31IN4O. The highest BCUT2D eigenvalue weighted by Gasteiger charge is 2.30. The van der Waals surface area contributed by atoms with E-state index in [-0.39, 0.29) is 35.3 Å². The van der Waals surface area contributed by atoms with Gasteiger partial charge in [0, 0.05) is 38.6 Å². The Morgan fingerprint density at radius 2 is 1.81 bits per heavy atom. The maximum absolute atomic E-state index is 11.7. The fraction of sp³-hybridized carbons (Fsp3) is 0.867. The van der Waals surface area contributed by atoms with Gasteiger partial charge in [-0.15, -0.1) is 24.0 Å². The van der Waals surface area contributed by atoms with E-state index in [1.165, 1.54) is 6.42 Å². The predicted octanol–water partition coefficient (Wildman–Crippen LogP) is 2.07. The van der Waals surface area contributed by atoms with E-state index in [1.54, 1.807) is 7.05 Å². The SMILES string of the molecule is CN=C(NCCNC(=O)C(C)(C)C)N1CCC(C)(C)C1.I. The first-order chi connectivity index (χ1) is 9.15. The largest absolute Gasteiger partial charge is 0.354 e. The van der Waals surface area contributed by atoms with Gasteiger partial charge < -0.3 is 15.5 Å². The van der Waals surface area contributed by atoms with Crippen LogP contribution in [0, 0.1) is 10.8 Å². The Morgan fingerprint density at radius 1 is 1.24 bits per heavy atom. The topological polar surface area (TPSA) is 56.7 Å². The van der Waals surface area contributed by atoms with Gasteiger partial charge in [-0.3, -0.25) is 9.79 Å². The van der Waals surface area contributed by atoms with Crippen LogP contribution in [-0.4, -0.2) is 50.0 Å². The van der Waals surface area contributed by atoms with Gasteiger partial charge in [-0.1, -0.05) is 34.6 Å². The summed E-state index contributed by atoms with van der Waals surface area (Å²) in [6, 6.07) is 0. The van der Waals surface area contributed by atoms with Gasteiger partial charge in [0.15, 0.2) is 5.96 Å². The Bertz CT molecular complexity index is 374. The molecule has 21 heavy (non-hydrogen) atoms. The third-order valence-electron chi connectivity index (χ3n) is 3.56. The van der Waals surface area contributed by atoms with Crippen LogP contribution in [0.2, 0.25) is 0 Å². The van der Waals surface area contributed by atoms with Crippen LogP contribution in [-0.2, 0) is 4.79 Å². The van der Waals surface area contributed by atoms with Crippen molar-refractivity contribution in [3.8, 4) is 0 Å². The molecule has 124 valence electrons. The molecule has 1 saturated heterocycles. The van der Waals surface area contributed by atoms with E-state index in [1.807, 2.05) is 20.8 Å². The Hall–Kier alpha value is -0.530. The van der Waals surface area contributed by atoms with Gasteiger partial charge in [0.1, 0.15) is 0 Å². The lowest BCUT2D eigenvalue weighted by Gasteiger charge is -2.24. The molecule has 5 nitrogen and oxygen atoms in total. The summed E-state index contributed by atoms with van der Waals surface area (Å²) in [5.74, 6) is 1.01. The summed E-state index contributed by atoms with van der Waals surface area (Å²) in [6.07, 6.45) is 1.19. The quantitative estimate of drug-likeness (QED) is 0.324. The number of carbonyl (C=O) groups excluding carboxylic acids is 1. The van der Waals surface area contributed by atoms with Gasteiger partial charge in [-0.05, 0) is 11.8 Å². The van der Waals surface area contributed by atoms with Crippen molar-refractivity contribution in [3.63, 3.8) is 0 Å². The van der Waals surface area contributed by atoms with Crippen LogP contribution in [0.3, 0.4) is 0 Å². The molecule has 6 heteroatoms. The maximum Gasteiger partial charge on any atom is 0.225 e. The second kappa shape index (κ2) is 8.19. The summed E-state index contributed by atoms with van der Waals surface area (Å²) >= 11 is 0. The van der Waals surface area contributed by atoms with E-state index in [0.29, 0.717) is 18.5 Å². The zero-order valence-electron chi connectivity index (χ0n) is 14.2. The predicted molar refractivity (Wildman–Crippen MR) is 99.2 cm³/mol. The number of likely N-dealkylation sites (tertiary alicyclic amines) is 1. The van der Waals surface area contributed by atoms with Crippen molar-refractivity contribution >= 4 is 35.8 Å². The molecule has 0 aromatic heterocycles. The van der Waals surface area contributed by atoms with Crippen LogP contribution in [0.1, 0.15) is 41.0 Å². The van der Waals surface area contributed by atoms with Crippen LogP contribution in [0.15, 0.2) is 4.99 Å². The summed E-state index contributed by atoms with van der Waals surface area (Å²) in [6.45, 7) is 13.7. The zero-order chi connectivity index (χ0) is 15.4. The number of amides is 1. The van der Waals surface area contributed by atoms with Crippen molar-refractivity contribution in [2.75, 3.05) is 33.2 Å². The lowest BCUT2D eigenvalue weighted by Crippen LogP contribution is -2.45. The molecule has 0 unspecified atom stereocenters. The van der Waals surface area contributed by atoms with E-state index in [4.69, 9.17) is 0 Å². The summed E-state index contributed by atoms with van der Waals surface area (Å²) < 4.78 is 0. The highest BCUT2D eigenvalue weighted by atomic mass is 127. The summed E-state index contributed by atoms with van der Waals surface area (Å²) in [4.78, 5) is 18.3. The molecule has 1 rings (SSSR count). The zero-order valence-corrected chi connectivity index (χ0v) is 16.6. The molecule has 0 radical (unpaired) electrons. The van der Waals surface area contributed by atoms with Crippen LogP contribution in [0.4, 0.5) is 0 Å². The van der Waals surface area contributed by atoms with E-state index in [9.17, 15) is 4.79 Å². The van der Waals surface area contributed by atoms with E-state index >= 15 is 0 Å². The van der Waals surface area contributed by atoms with Gasteiger partial charge >= 0.3 is 0 Å². The first-order valence-corrected chi connectivity index (χ1v) is 7.40. The number of hydrogen-bond acceptors (Lipinski definition) is 2. The number of guanidine groups is 1. The van der Waals surface area contributed by atoms with Crippen LogP contribution >= 0.6 is 24.0 Å². The molecule has 1 aliphatic heterocycles. The molecule has 0 aliphatic carbocycles. The Kier molecular flexibility index (Phi) is 7.99. The second-order valence-electron chi connectivity index (χ2n) is 7.32. The molecule has 0 bridgehead atoms. The molecule has 1 aliphatic rings. The minimum Gasteiger partial charge on any atom is -0.354 e. The lowest BCUT2D eigenvalue weighted by molar-refractivity contribution is -0.128. The van der Waals surface area contributed by atoms with Gasteiger partial charge in [-0.2, -0.15) is 0 Å². The molecule has 0 spiro atoms. The lowest BCUT2D eigenvalue weighted by atomic mass is 9.93. The van der Waals surface area contributed by atoms with Crippen LogP contribution in [0.25, 0.3) is 0 Å². The van der Waals surface area contributed by atoms with Crippen LogP contribution in [0.5, 0.6) is 0 Å². The average Bonchev–Trinajstić information content (AvgIpc) is 2.68. The Labute approximate surface area is 146 Å². The Morgan fingerprint density at radius 3 is 2.24 bits per heavy atom. The second-order valence-corrected chi connectivity index (χ2v) is 7.32. The summed E-state index contributed by atoms with van der Waals surface area (Å²) in [5, 5.41) is 6.25. The fourth-order valence-corrected chi connectivity index (χ4v) is 2.24. The monoisotopic (exact) mass is 410 g/mol. The van der Waals surface area contributed by atoms with Crippen molar-refractivity contribution < 1.29 is 4.79 Å². The number of nitrogens with zero attached hydrogens (tertiary/aromatic N) is 2. The molecule has 0 aromatic carbocycles. The van der Waals surface area contributed by atoms with Crippen molar-refractivity contribution in [2.45, 2.75) is 41.0 Å². The van der Waals surface area contributed by atoms with Gasteiger partial charge in [0.25, 0.3) is 0 Å². The molecule has 0 aromatic rings. The minimum absolute atomic E-state index is 0. The number of carbonyl (C=O) groups is 1. The third-order valence-corrected chi connectivity index (χ3v) is 3.56. The first kappa shape index (κ1) is 20.5. The normalized spacial score (nSPS) is 18.2. The minimum atomic E-state index is -0.333. The molecular weight excluding hydrogens is 379 g/mol. The first-order valence-electron chi connectivity index (χ1n) is 7.40. The van der Waals surface area contributed by atoms with Gasteiger partial charge in [0.05, 0.1) is 0 Å². The fourth-order valence-electron chi connectivity index (χ4n) is 2.24. The van der Waals surface area contributed by atoms with Gasteiger partial charge in [-0.25, -0.2) is 0 Å². The Balaban J connectivity index is 0.00000400. The van der Waals surface area contributed by atoms with Crippen molar-refractivity contribution in [1.29, 1.82) is 0 Å². The standard InChI is InChI=1S/C15H30N4O.HI/c1-14(2,3)12(20)17-8-9-18-13(16-6)19-10-7-15(4,5)11-19;/h7-11H2,1-6H3,(H,16,18)(H,17,20);1H. The molecule has 0 saturated carbocycles. The highest BCUT2D eigenvalue weighted by molar-refractivity contribution is 14.0. The number of aliphatic imine (C=N–C) groups is 1. The summed E-state index contributed by atoms with van der Waals surface area (Å²) in [7, 11) is 1.81. The third kappa shape index (κ3) is 6.84. The smallest absolute Gasteiger partial charge is 0.225 e. The molecule has 2 N–H and O–H groups in total. The molecule has 0 atom stereocenters. The van der Waals surface area contributed by atoms with E-state index in [0.717, 1.165) is 19.0 Å². The number of hydrogen-bond donors (Lipinski definition) is 2. The van der Waals surface area contributed by atoms with Crippen molar-refractivity contribution in [3.05, 3.63) is 0 Å². The number of rotatable bonds is 3. The maximum atomic E-state index is 11.7. The van der Waals surface area contributed by atoms with Crippen LogP contribution < -0.4 is 10.6 Å². The van der Waals surface area contributed by atoms with E-state index in [2.05, 4.69) is 34.4 Å². The van der Waals surface area contributed by atoms with Crippen molar-refractivity contribution in [2.24, 2.45) is 15.8 Å². The summed E-state index contributed by atoms with van der Waals surface area (Å²) in [5.41, 5.74) is 0.0265. The van der Waals surface area contributed by atoms with E-state index < -0.39 is 0 Å². The van der Waals surface area contributed by atoms with Gasteiger partial charge in [0.2, 0.25) is 5.91 Å². The molecule has 1 amide bonds.